The van der Waals surface area contributed by atoms with Crippen LogP contribution in [0.25, 0.3) is 0 Å². The molecule has 1 atom stereocenters. The third-order valence-corrected chi connectivity index (χ3v) is 2.36. The maximum atomic E-state index is 12.6. The lowest BCUT2D eigenvalue weighted by Crippen LogP contribution is -2.12. The summed E-state index contributed by atoms with van der Waals surface area (Å²) in [5.74, 6) is -0.367. The minimum Gasteiger partial charge on any atom is -0.462 e. The van der Waals surface area contributed by atoms with Crippen molar-refractivity contribution < 1.29 is 13.9 Å². The largest absolute Gasteiger partial charge is 0.462 e. The highest BCUT2D eigenvalue weighted by Crippen LogP contribution is 2.08. The molecule has 3 heteroatoms. The number of carbonyl (C=O) groups is 1. The van der Waals surface area contributed by atoms with Gasteiger partial charge in [-0.25, -0.2) is 9.18 Å². The van der Waals surface area contributed by atoms with E-state index < -0.39 is 0 Å². The van der Waals surface area contributed by atoms with Crippen molar-refractivity contribution in [1.29, 1.82) is 0 Å². The van der Waals surface area contributed by atoms with Crippen LogP contribution in [0.1, 0.15) is 37.0 Å². The minimum absolute atomic E-state index is 0.351. The van der Waals surface area contributed by atoms with Crippen LogP contribution in [0.3, 0.4) is 0 Å². The molecule has 0 N–H and O–H groups in total. The molecule has 0 aliphatic heterocycles. The molecule has 16 heavy (non-hydrogen) atoms. The topological polar surface area (TPSA) is 26.3 Å². The van der Waals surface area contributed by atoms with Crippen molar-refractivity contribution in [3.63, 3.8) is 0 Å². The molecule has 1 aromatic carbocycles. The second-order valence-electron chi connectivity index (χ2n) is 4.00. The number of hydrogen-bond donors (Lipinski definition) is 0. The second kappa shape index (κ2) is 6.26. The van der Waals surface area contributed by atoms with E-state index in [1.165, 1.54) is 24.3 Å². The Hall–Kier alpha value is -1.38. The average Bonchev–Trinajstić information content (AvgIpc) is 2.27. The lowest BCUT2D eigenvalue weighted by Gasteiger charge is -2.10. The summed E-state index contributed by atoms with van der Waals surface area (Å²) in [6, 6.07) is 5.38. The molecule has 0 aliphatic carbocycles. The fraction of sp³-hybridized carbons (Fsp3) is 0.462. The van der Waals surface area contributed by atoms with Crippen LogP contribution in [-0.4, -0.2) is 12.6 Å². The van der Waals surface area contributed by atoms with Crippen LogP contribution < -0.4 is 0 Å². The van der Waals surface area contributed by atoms with Crippen molar-refractivity contribution in [1.82, 2.24) is 0 Å². The number of benzene rings is 1. The van der Waals surface area contributed by atoms with E-state index in [0.29, 0.717) is 18.1 Å². The molecule has 0 saturated carbocycles. The van der Waals surface area contributed by atoms with E-state index in [2.05, 4.69) is 6.92 Å². The summed E-state index contributed by atoms with van der Waals surface area (Å²) in [5.41, 5.74) is 0.394. The maximum Gasteiger partial charge on any atom is 0.338 e. The van der Waals surface area contributed by atoms with E-state index in [0.717, 1.165) is 12.8 Å². The monoisotopic (exact) mass is 224 g/mol. The SMILES string of the molecule is CCCC(C)COC(=O)c1ccc(F)cc1. The van der Waals surface area contributed by atoms with Gasteiger partial charge in [-0.15, -0.1) is 0 Å². The first-order valence-corrected chi connectivity index (χ1v) is 5.56. The molecule has 1 unspecified atom stereocenters. The van der Waals surface area contributed by atoms with Crippen LogP contribution in [-0.2, 0) is 4.74 Å². The van der Waals surface area contributed by atoms with Gasteiger partial charge in [0, 0.05) is 0 Å². The van der Waals surface area contributed by atoms with Crippen LogP contribution in [0, 0.1) is 11.7 Å². The van der Waals surface area contributed by atoms with E-state index >= 15 is 0 Å². The molecule has 0 amide bonds. The number of esters is 1. The summed E-state index contributed by atoms with van der Waals surface area (Å²) in [4.78, 5) is 11.5. The van der Waals surface area contributed by atoms with E-state index in [1.807, 2.05) is 6.92 Å². The number of hydrogen-bond acceptors (Lipinski definition) is 2. The maximum absolute atomic E-state index is 12.6. The number of carbonyl (C=O) groups excluding carboxylic acids is 1. The summed E-state index contributed by atoms with van der Waals surface area (Å²) >= 11 is 0. The van der Waals surface area contributed by atoms with Gasteiger partial charge in [0.1, 0.15) is 5.82 Å². The first-order chi connectivity index (χ1) is 7.63. The standard InChI is InChI=1S/C13H17FO2/c1-3-4-10(2)9-16-13(15)11-5-7-12(14)8-6-11/h5-8,10H,3-4,9H2,1-2H3. The molecule has 1 rings (SSSR count). The smallest absolute Gasteiger partial charge is 0.338 e. The Balaban J connectivity index is 2.43. The van der Waals surface area contributed by atoms with Gasteiger partial charge in [0.15, 0.2) is 0 Å². The molecule has 88 valence electrons. The molecular formula is C13H17FO2. The minimum atomic E-state index is -0.386. The van der Waals surface area contributed by atoms with Crippen molar-refractivity contribution in [2.24, 2.45) is 5.92 Å². The number of rotatable bonds is 5. The number of ether oxygens (including phenoxy) is 1. The molecule has 0 heterocycles. The van der Waals surface area contributed by atoms with Gasteiger partial charge in [0.05, 0.1) is 12.2 Å². The van der Waals surface area contributed by atoms with Crippen molar-refractivity contribution in [2.75, 3.05) is 6.61 Å². The number of halogens is 1. The van der Waals surface area contributed by atoms with Crippen molar-refractivity contribution in [2.45, 2.75) is 26.7 Å². The zero-order chi connectivity index (χ0) is 12.0. The molecule has 0 spiro atoms. The highest BCUT2D eigenvalue weighted by Gasteiger charge is 2.09. The van der Waals surface area contributed by atoms with E-state index in [9.17, 15) is 9.18 Å². The van der Waals surface area contributed by atoms with Crippen LogP contribution in [0.4, 0.5) is 4.39 Å². The molecule has 0 bridgehead atoms. The van der Waals surface area contributed by atoms with E-state index in [1.54, 1.807) is 0 Å². The molecule has 1 aromatic rings. The van der Waals surface area contributed by atoms with Gasteiger partial charge < -0.3 is 4.74 Å². The van der Waals surface area contributed by atoms with Gasteiger partial charge in [-0.1, -0.05) is 20.3 Å². The van der Waals surface area contributed by atoms with Gasteiger partial charge in [-0.3, -0.25) is 0 Å². The van der Waals surface area contributed by atoms with Gasteiger partial charge in [-0.05, 0) is 36.6 Å². The van der Waals surface area contributed by atoms with Crippen molar-refractivity contribution in [3.05, 3.63) is 35.6 Å². The summed E-state index contributed by atoms with van der Waals surface area (Å²) in [6.07, 6.45) is 2.12. The van der Waals surface area contributed by atoms with Gasteiger partial charge >= 0.3 is 5.97 Å². The Kier molecular flexibility index (Phi) is 4.96. The van der Waals surface area contributed by atoms with Crippen LogP contribution in [0.15, 0.2) is 24.3 Å². The zero-order valence-electron chi connectivity index (χ0n) is 9.70. The van der Waals surface area contributed by atoms with Gasteiger partial charge in [0.2, 0.25) is 0 Å². The third-order valence-electron chi connectivity index (χ3n) is 2.36. The summed E-state index contributed by atoms with van der Waals surface area (Å²) < 4.78 is 17.7. The van der Waals surface area contributed by atoms with Gasteiger partial charge in [-0.2, -0.15) is 0 Å². The zero-order valence-corrected chi connectivity index (χ0v) is 9.70. The Morgan fingerprint density at radius 1 is 1.38 bits per heavy atom. The molecule has 0 saturated heterocycles. The average molecular weight is 224 g/mol. The van der Waals surface area contributed by atoms with Crippen LogP contribution >= 0.6 is 0 Å². The Bertz CT molecular complexity index is 332. The second-order valence-corrected chi connectivity index (χ2v) is 4.00. The predicted octanol–water partition coefficient (Wildman–Crippen LogP) is 3.42. The molecule has 0 aliphatic rings. The Labute approximate surface area is 95.4 Å². The van der Waals surface area contributed by atoms with Crippen LogP contribution in [0.5, 0.6) is 0 Å². The van der Waals surface area contributed by atoms with Crippen LogP contribution in [0.2, 0.25) is 0 Å². The quantitative estimate of drug-likeness (QED) is 0.716. The van der Waals surface area contributed by atoms with Crippen molar-refractivity contribution in [3.8, 4) is 0 Å². The molecule has 0 radical (unpaired) electrons. The lowest BCUT2D eigenvalue weighted by atomic mass is 10.1. The molecule has 0 fully saturated rings. The van der Waals surface area contributed by atoms with E-state index in [4.69, 9.17) is 4.74 Å². The highest BCUT2D eigenvalue weighted by molar-refractivity contribution is 5.89. The molecule has 2 nitrogen and oxygen atoms in total. The normalized spacial score (nSPS) is 12.2. The summed E-state index contributed by atoms with van der Waals surface area (Å²) in [5, 5.41) is 0. The third kappa shape index (κ3) is 4.01. The first-order valence-electron chi connectivity index (χ1n) is 5.56. The molecule has 0 aromatic heterocycles. The fourth-order valence-corrected chi connectivity index (χ4v) is 1.46. The Morgan fingerprint density at radius 2 is 2.00 bits per heavy atom. The first kappa shape index (κ1) is 12.7. The lowest BCUT2D eigenvalue weighted by molar-refractivity contribution is 0.0443. The van der Waals surface area contributed by atoms with Gasteiger partial charge in [0.25, 0.3) is 0 Å². The Morgan fingerprint density at radius 3 is 2.56 bits per heavy atom. The molecular weight excluding hydrogens is 207 g/mol. The highest BCUT2D eigenvalue weighted by atomic mass is 19.1. The van der Waals surface area contributed by atoms with E-state index in [-0.39, 0.29) is 11.8 Å². The fourth-order valence-electron chi connectivity index (χ4n) is 1.46. The van der Waals surface area contributed by atoms with Crippen molar-refractivity contribution >= 4 is 5.97 Å². The summed E-state index contributed by atoms with van der Waals surface area (Å²) in [7, 11) is 0. The summed E-state index contributed by atoms with van der Waals surface area (Å²) in [6.45, 7) is 4.56. The predicted molar refractivity (Wildman–Crippen MR) is 60.8 cm³/mol.